The molecule has 1 aliphatic heterocycles. The van der Waals surface area contributed by atoms with Crippen molar-refractivity contribution in [2.75, 3.05) is 13.7 Å². The summed E-state index contributed by atoms with van der Waals surface area (Å²) >= 11 is 0. The van der Waals surface area contributed by atoms with Crippen LogP contribution in [0.2, 0.25) is 0 Å². The highest BCUT2D eigenvalue weighted by molar-refractivity contribution is 5.67. The van der Waals surface area contributed by atoms with E-state index in [1.165, 1.54) is 5.56 Å². The summed E-state index contributed by atoms with van der Waals surface area (Å²) < 4.78 is 19.2. The Hall–Kier alpha value is -2.79. The molecule has 0 aliphatic carbocycles. The Bertz CT molecular complexity index is 958. The van der Waals surface area contributed by atoms with Crippen molar-refractivity contribution in [3.63, 3.8) is 0 Å². The third-order valence-corrected chi connectivity index (χ3v) is 5.07. The molecule has 5 nitrogen and oxygen atoms in total. The summed E-state index contributed by atoms with van der Waals surface area (Å²) in [5, 5.41) is 4.83. The number of para-hydroxylation sites is 1. The van der Waals surface area contributed by atoms with Gasteiger partial charge in [-0.2, -0.15) is 5.10 Å². The van der Waals surface area contributed by atoms with Crippen LogP contribution in [0.4, 0.5) is 0 Å². The van der Waals surface area contributed by atoms with Gasteiger partial charge in [-0.05, 0) is 55.7 Å². The molecule has 28 heavy (non-hydrogen) atoms. The largest absolute Gasteiger partial charge is 0.493 e. The molecule has 5 heteroatoms. The number of aryl methyl sites for hydroxylation is 2. The van der Waals surface area contributed by atoms with E-state index in [0.717, 1.165) is 48.5 Å². The molecule has 1 fully saturated rings. The van der Waals surface area contributed by atoms with Gasteiger partial charge in [0.05, 0.1) is 30.8 Å². The van der Waals surface area contributed by atoms with E-state index >= 15 is 0 Å². The number of benzene rings is 2. The zero-order valence-corrected chi connectivity index (χ0v) is 16.6. The van der Waals surface area contributed by atoms with Gasteiger partial charge in [-0.15, -0.1) is 0 Å². The first kappa shape index (κ1) is 18.6. The number of hydrogen-bond donors (Lipinski definition) is 0. The average Bonchev–Trinajstić information content (AvgIpc) is 3.38. The lowest BCUT2D eigenvalue weighted by Gasteiger charge is -2.17. The summed E-state index contributed by atoms with van der Waals surface area (Å²) in [5.41, 5.74) is 5.37. The van der Waals surface area contributed by atoms with Gasteiger partial charge in [-0.1, -0.05) is 25.1 Å². The third-order valence-electron chi connectivity index (χ3n) is 5.07. The summed E-state index contributed by atoms with van der Waals surface area (Å²) in [6, 6.07) is 16.4. The Morgan fingerprint density at radius 3 is 2.71 bits per heavy atom. The van der Waals surface area contributed by atoms with Crippen molar-refractivity contribution in [1.29, 1.82) is 0 Å². The van der Waals surface area contributed by atoms with Crippen LogP contribution in [0, 0.1) is 6.92 Å². The molecule has 3 aromatic rings. The molecule has 0 saturated carbocycles. The van der Waals surface area contributed by atoms with E-state index in [0.29, 0.717) is 11.5 Å². The Labute approximate surface area is 165 Å². The summed E-state index contributed by atoms with van der Waals surface area (Å²) in [4.78, 5) is 0. The van der Waals surface area contributed by atoms with E-state index in [2.05, 4.69) is 32.0 Å². The van der Waals surface area contributed by atoms with Gasteiger partial charge in [0.15, 0.2) is 17.8 Å². The zero-order valence-electron chi connectivity index (χ0n) is 16.6. The second kappa shape index (κ2) is 8.07. The van der Waals surface area contributed by atoms with Gasteiger partial charge >= 0.3 is 0 Å². The van der Waals surface area contributed by atoms with Crippen LogP contribution in [0.3, 0.4) is 0 Å². The van der Waals surface area contributed by atoms with Crippen molar-refractivity contribution in [1.82, 2.24) is 9.78 Å². The summed E-state index contributed by atoms with van der Waals surface area (Å²) in [6.07, 6.45) is 2.58. The maximum absolute atomic E-state index is 6.09. The standard InChI is InChI=1S/C23H26N2O3/c1-4-18-15-20(25(24-18)19-9-6-5-8-16(19)2)17-11-12-21(26-3)22(14-17)28-23-10-7-13-27-23/h5-6,8-9,11-12,14-15,23H,4,7,10,13H2,1-3H3/t23-/m0/s1. The lowest BCUT2D eigenvalue weighted by atomic mass is 10.1. The Kier molecular flexibility index (Phi) is 5.35. The van der Waals surface area contributed by atoms with Crippen LogP contribution >= 0.6 is 0 Å². The van der Waals surface area contributed by atoms with Gasteiger partial charge in [0, 0.05) is 12.0 Å². The van der Waals surface area contributed by atoms with Crippen molar-refractivity contribution in [3.8, 4) is 28.4 Å². The molecule has 4 rings (SSSR count). The predicted molar refractivity (Wildman–Crippen MR) is 109 cm³/mol. The lowest BCUT2D eigenvalue weighted by Crippen LogP contribution is -2.14. The molecule has 0 radical (unpaired) electrons. The van der Waals surface area contributed by atoms with E-state index in [1.807, 2.05) is 35.0 Å². The van der Waals surface area contributed by atoms with Crippen molar-refractivity contribution < 1.29 is 14.2 Å². The van der Waals surface area contributed by atoms with E-state index in [4.69, 9.17) is 19.3 Å². The van der Waals surface area contributed by atoms with Crippen LogP contribution in [-0.2, 0) is 11.2 Å². The fourth-order valence-corrected chi connectivity index (χ4v) is 3.50. The topological polar surface area (TPSA) is 45.5 Å². The van der Waals surface area contributed by atoms with E-state index < -0.39 is 0 Å². The molecule has 0 N–H and O–H groups in total. The van der Waals surface area contributed by atoms with Gasteiger partial charge in [0.2, 0.25) is 0 Å². The molecular formula is C23H26N2O3. The van der Waals surface area contributed by atoms with Crippen LogP contribution in [0.1, 0.15) is 31.0 Å². The van der Waals surface area contributed by atoms with E-state index in [-0.39, 0.29) is 6.29 Å². The van der Waals surface area contributed by atoms with Gasteiger partial charge < -0.3 is 14.2 Å². The highest BCUT2D eigenvalue weighted by Gasteiger charge is 2.20. The van der Waals surface area contributed by atoms with Crippen molar-refractivity contribution >= 4 is 0 Å². The second-order valence-corrected chi connectivity index (χ2v) is 7.00. The third kappa shape index (κ3) is 3.62. The van der Waals surface area contributed by atoms with Crippen molar-refractivity contribution in [2.24, 2.45) is 0 Å². The summed E-state index contributed by atoms with van der Waals surface area (Å²) in [7, 11) is 1.66. The van der Waals surface area contributed by atoms with E-state index in [9.17, 15) is 0 Å². The van der Waals surface area contributed by atoms with Crippen LogP contribution in [0.15, 0.2) is 48.5 Å². The van der Waals surface area contributed by atoms with Gasteiger partial charge in [-0.25, -0.2) is 4.68 Å². The second-order valence-electron chi connectivity index (χ2n) is 7.00. The van der Waals surface area contributed by atoms with Crippen LogP contribution < -0.4 is 9.47 Å². The first-order valence-electron chi connectivity index (χ1n) is 9.81. The van der Waals surface area contributed by atoms with Crippen molar-refractivity contribution in [2.45, 2.75) is 39.4 Å². The molecule has 0 bridgehead atoms. The molecule has 2 aromatic carbocycles. The summed E-state index contributed by atoms with van der Waals surface area (Å²) in [6.45, 7) is 4.97. The minimum Gasteiger partial charge on any atom is -0.493 e. The number of ether oxygens (including phenoxy) is 3. The Balaban J connectivity index is 1.78. The zero-order chi connectivity index (χ0) is 19.5. The van der Waals surface area contributed by atoms with Crippen LogP contribution in [0.5, 0.6) is 11.5 Å². The molecule has 0 spiro atoms. The number of methoxy groups -OCH3 is 1. The molecular weight excluding hydrogens is 352 g/mol. The number of nitrogens with zero attached hydrogens (tertiary/aromatic N) is 2. The highest BCUT2D eigenvalue weighted by Crippen LogP contribution is 2.35. The van der Waals surface area contributed by atoms with Gasteiger partial charge in [0.1, 0.15) is 0 Å². The van der Waals surface area contributed by atoms with Gasteiger partial charge in [-0.3, -0.25) is 0 Å². The van der Waals surface area contributed by atoms with Crippen molar-refractivity contribution in [3.05, 3.63) is 59.8 Å². The molecule has 0 amide bonds. The molecule has 1 aliphatic rings. The monoisotopic (exact) mass is 378 g/mol. The molecule has 146 valence electrons. The van der Waals surface area contributed by atoms with Crippen LogP contribution in [0.25, 0.3) is 16.9 Å². The predicted octanol–water partition coefficient (Wildman–Crippen LogP) is 4.93. The maximum atomic E-state index is 6.09. The van der Waals surface area contributed by atoms with Crippen LogP contribution in [-0.4, -0.2) is 29.8 Å². The quantitative estimate of drug-likeness (QED) is 0.610. The summed E-state index contributed by atoms with van der Waals surface area (Å²) in [5.74, 6) is 1.40. The Morgan fingerprint density at radius 1 is 1.14 bits per heavy atom. The van der Waals surface area contributed by atoms with E-state index in [1.54, 1.807) is 7.11 Å². The molecule has 0 unspecified atom stereocenters. The first-order chi connectivity index (χ1) is 13.7. The average molecular weight is 378 g/mol. The minimum atomic E-state index is -0.211. The molecule has 1 atom stereocenters. The highest BCUT2D eigenvalue weighted by atomic mass is 16.7. The number of aromatic nitrogens is 2. The normalized spacial score (nSPS) is 16.3. The Morgan fingerprint density at radius 2 is 2.00 bits per heavy atom. The fourth-order valence-electron chi connectivity index (χ4n) is 3.50. The molecule has 1 aromatic heterocycles. The van der Waals surface area contributed by atoms with Gasteiger partial charge in [0.25, 0.3) is 0 Å². The molecule has 2 heterocycles. The minimum absolute atomic E-state index is 0.211. The smallest absolute Gasteiger partial charge is 0.200 e. The fraction of sp³-hybridized carbons (Fsp3) is 0.348. The number of rotatable bonds is 6. The molecule has 1 saturated heterocycles. The first-order valence-corrected chi connectivity index (χ1v) is 9.81. The maximum Gasteiger partial charge on any atom is 0.200 e. The number of hydrogen-bond acceptors (Lipinski definition) is 4. The lowest BCUT2D eigenvalue weighted by molar-refractivity contribution is -0.0402. The SMILES string of the molecule is CCc1cc(-c2ccc(OC)c(O[C@H]3CCCO3)c2)n(-c2ccccc2C)n1.